The molecule has 2 aromatic heterocycles. The highest BCUT2D eigenvalue weighted by Gasteiger charge is 2.24. The number of H-pyrrole nitrogens is 1. The molecular formula is C10H10N2. The smallest absolute Gasteiger partial charge is 0.0642 e. The molecule has 1 N–H and O–H groups in total. The first-order valence-electron chi connectivity index (χ1n) is 4.36. The number of hydrogen-bond donors (Lipinski definition) is 1. The zero-order chi connectivity index (χ0) is 7.97. The number of pyridine rings is 1. The van der Waals surface area contributed by atoms with Gasteiger partial charge < -0.3 is 4.98 Å². The van der Waals surface area contributed by atoms with Gasteiger partial charge in [0.25, 0.3) is 0 Å². The van der Waals surface area contributed by atoms with Crippen LogP contribution >= 0.6 is 0 Å². The molecule has 1 saturated carbocycles. The largest absolute Gasteiger partial charge is 0.357 e. The Bertz CT molecular complexity index is 379. The standard InChI is InChI=1S/C10H10N2/c1-2-7(1)9-5-8-3-4-11-6-10(8)12-9/h3-7,12H,1-2H2. The first kappa shape index (κ1) is 6.23. The van der Waals surface area contributed by atoms with Crippen molar-refractivity contribution < 1.29 is 0 Å². The minimum absolute atomic E-state index is 0.803. The Kier molecular flexibility index (Phi) is 1.09. The molecule has 3 rings (SSSR count). The van der Waals surface area contributed by atoms with Crippen LogP contribution in [0.5, 0.6) is 0 Å². The van der Waals surface area contributed by atoms with Gasteiger partial charge in [0.1, 0.15) is 0 Å². The van der Waals surface area contributed by atoms with Crippen LogP contribution in [0.2, 0.25) is 0 Å². The second-order valence-corrected chi connectivity index (χ2v) is 3.46. The second kappa shape index (κ2) is 2.09. The maximum Gasteiger partial charge on any atom is 0.0642 e. The lowest BCUT2D eigenvalue weighted by Crippen LogP contribution is -1.75. The van der Waals surface area contributed by atoms with Crippen LogP contribution in [0.25, 0.3) is 10.9 Å². The lowest BCUT2D eigenvalue weighted by atomic mass is 10.2. The van der Waals surface area contributed by atoms with Crippen molar-refractivity contribution in [3.8, 4) is 0 Å². The van der Waals surface area contributed by atoms with Gasteiger partial charge in [-0.2, -0.15) is 0 Å². The van der Waals surface area contributed by atoms with Gasteiger partial charge in [-0.15, -0.1) is 0 Å². The monoisotopic (exact) mass is 158 g/mol. The molecule has 0 amide bonds. The van der Waals surface area contributed by atoms with E-state index in [1.165, 1.54) is 29.4 Å². The predicted molar refractivity (Wildman–Crippen MR) is 48.1 cm³/mol. The molecule has 0 unspecified atom stereocenters. The van der Waals surface area contributed by atoms with E-state index in [1.54, 1.807) is 0 Å². The second-order valence-electron chi connectivity index (χ2n) is 3.46. The Morgan fingerprint density at radius 1 is 1.42 bits per heavy atom. The normalized spacial score (nSPS) is 17.0. The third-order valence-corrected chi connectivity index (χ3v) is 2.46. The number of aromatic amines is 1. The lowest BCUT2D eigenvalue weighted by molar-refractivity contribution is 1.06. The number of fused-ring (bicyclic) bond motifs is 1. The van der Waals surface area contributed by atoms with Crippen LogP contribution in [0, 0.1) is 0 Å². The molecule has 1 aliphatic rings. The van der Waals surface area contributed by atoms with Crippen molar-refractivity contribution in [2.75, 3.05) is 0 Å². The molecule has 0 aliphatic heterocycles. The predicted octanol–water partition coefficient (Wildman–Crippen LogP) is 2.44. The fraction of sp³-hybridized carbons (Fsp3) is 0.300. The van der Waals surface area contributed by atoms with Gasteiger partial charge in [0, 0.05) is 17.3 Å². The van der Waals surface area contributed by atoms with Gasteiger partial charge >= 0.3 is 0 Å². The van der Waals surface area contributed by atoms with Crippen LogP contribution < -0.4 is 0 Å². The Hall–Kier alpha value is -1.31. The van der Waals surface area contributed by atoms with E-state index in [2.05, 4.69) is 22.1 Å². The third-order valence-electron chi connectivity index (χ3n) is 2.46. The summed E-state index contributed by atoms with van der Waals surface area (Å²) < 4.78 is 0. The lowest BCUT2D eigenvalue weighted by Gasteiger charge is -1.86. The molecule has 12 heavy (non-hydrogen) atoms. The number of rotatable bonds is 1. The fourth-order valence-electron chi connectivity index (χ4n) is 1.61. The molecule has 0 atom stereocenters. The molecule has 0 aromatic carbocycles. The highest BCUT2D eigenvalue weighted by atomic mass is 14.8. The van der Waals surface area contributed by atoms with Gasteiger partial charge in [0.05, 0.1) is 11.7 Å². The summed E-state index contributed by atoms with van der Waals surface area (Å²) in [7, 11) is 0. The zero-order valence-corrected chi connectivity index (χ0v) is 6.75. The molecule has 0 radical (unpaired) electrons. The zero-order valence-electron chi connectivity index (χ0n) is 6.75. The number of nitrogens with zero attached hydrogens (tertiary/aromatic N) is 1. The minimum atomic E-state index is 0.803. The number of nitrogens with one attached hydrogen (secondary N) is 1. The number of hydrogen-bond acceptors (Lipinski definition) is 1. The van der Waals surface area contributed by atoms with Crippen LogP contribution in [-0.4, -0.2) is 9.97 Å². The first-order chi connectivity index (χ1) is 5.93. The van der Waals surface area contributed by atoms with Crippen molar-refractivity contribution in [2.24, 2.45) is 0 Å². The fourth-order valence-corrected chi connectivity index (χ4v) is 1.61. The van der Waals surface area contributed by atoms with E-state index >= 15 is 0 Å². The summed E-state index contributed by atoms with van der Waals surface area (Å²) in [5.41, 5.74) is 2.55. The van der Waals surface area contributed by atoms with Crippen LogP contribution in [0.3, 0.4) is 0 Å². The molecule has 0 bridgehead atoms. The van der Waals surface area contributed by atoms with Crippen molar-refractivity contribution in [2.45, 2.75) is 18.8 Å². The summed E-state index contributed by atoms with van der Waals surface area (Å²) in [6.07, 6.45) is 6.43. The van der Waals surface area contributed by atoms with Gasteiger partial charge in [-0.05, 0) is 30.9 Å². The third kappa shape index (κ3) is 0.843. The van der Waals surface area contributed by atoms with Gasteiger partial charge in [-0.25, -0.2) is 0 Å². The SMILES string of the molecule is c1cc2cc(C3CC3)[nH]c2cn1. The van der Waals surface area contributed by atoms with Gasteiger partial charge in [-0.1, -0.05) is 0 Å². The van der Waals surface area contributed by atoms with Gasteiger partial charge in [-0.3, -0.25) is 4.98 Å². The molecule has 2 heteroatoms. The van der Waals surface area contributed by atoms with Crippen molar-refractivity contribution in [3.05, 3.63) is 30.2 Å². The molecule has 0 saturated heterocycles. The Morgan fingerprint density at radius 2 is 2.33 bits per heavy atom. The van der Waals surface area contributed by atoms with Crippen LogP contribution in [0.15, 0.2) is 24.5 Å². The average Bonchev–Trinajstić information content (AvgIpc) is 2.85. The Labute approximate surface area is 70.6 Å². The van der Waals surface area contributed by atoms with Crippen LogP contribution in [-0.2, 0) is 0 Å². The molecule has 60 valence electrons. The van der Waals surface area contributed by atoms with Crippen LogP contribution in [0.1, 0.15) is 24.5 Å². The summed E-state index contributed by atoms with van der Waals surface area (Å²) in [5, 5.41) is 1.28. The maximum absolute atomic E-state index is 4.07. The maximum atomic E-state index is 4.07. The molecule has 2 nitrogen and oxygen atoms in total. The van der Waals surface area contributed by atoms with E-state index in [9.17, 15) is 0 Å². The Balaban J connectivity index is 2.23. The molecular weight excluding hydrogens is 148 g/mol. The van der Waals surface area contributed by atoms with Crippen molar-refractivity contribution in [3.63, 3.8) is 0 Å². The van der Waals surface area contributed by atoms with E-state index in [4.69, 9.17) is 0 Å². The molecule has 0 spiro atoms. The summed E-state index contributed by atoms with van der Waals surface area (Å²) >= 11 is 0. The molecule has 2 heterocycles. The summed E-state index contributed by atoms with van der Waals surface area (Å²) in [4.78, 5) is 7.47. The van der Waals surface area contributed by atoms with Crippen LogP contribution in [0.4, 0.5) is 0 Å². The van der Waals surface area contributed by atoms with Gasteiger partial charge in [0.15, 0.2) is 0 Å². The summed E-state index contributed by atoms with van der Waals surface area (Å²) in [5.74, 6) is 0.803. The van der Waals surface area contributed by atoms with Gasteiger partial charge in [0.2, 0.25) is 0 Å². The summed E-state index contributed by atoms with van der Waals surface area (Å²) in [6.45, 7) is 0. The highest BCUT2D eigenvalue weighted by Crippen LogP contribution is 2.40. The highest BCUT2D eigenvalue weighted by molar-refractivity contribution is 5.79. The molecule has 1 fully saturated rings. The topological polar surface area (TPSA) is 28.7 Å². The van der Waals surface area contributed by atoms with E-state index in [-0.39, 0.29) is 0 Å². The molecule has 2 aromatic rings. The van der Waals surface area contributed by atoms with Crippen molar-refractivity contribution in [1.82, 2.24) is 9.97 Å². The minimum Gasteiger partial charge on any atom is -0.357 e. The molecule has 1 aliphatic carbocycles. The first-order valence-corrected chi connectivity index (χ1v) is 4.36. The average molecular weight is 158 g/mol. The van der Waals surface area contributed by atoms with E-state index in [0.717, 1.165) is 5.92 Å². The quantitative estimate of drug-likeness (QED) is 0.678. The van der Waals surface area contributed by atoms with Crippen molar-refractivity contribution in [1.29, 1.82) is 0 Å². The van der Waals surface area contributed by atoms with Crippen molar-refractivity contribution >= 4 is 10.9 Å². The van der Waals surface area contributed by atoms with E-state index < -0.39 is 0 Å². The number of aromatic nitrogens is 2. The van der Waals surface area contributed by atoms with E-state index in [1.807, 2.05) is 12.4 Å². The Morgan fingerprint density at radius 3 is 3.08 bits per heavy atom. The van der Waals surface area contributed by atoms with E-state index in [0.29, 0.717) is 0 Å². The summed E-state index contributed by atoms with van der Waals surface area (Å²) in [6, 6.07) is 4.30.